The molecule has 0 aromatic carbocycles. The average molecular weight is 304 g/mol. The maximum atomic E-state index is 12.0. The van der Waals surface area contributed by atoms with Crippen LogP contribution in [0.1, 0.15) is 36.2 Å². The molecule has 1 atom stereocenters. The monoisotopic (exact) mass is 303 g/mol. The van der Waals surface area contributed by atoms with Gasteiger partial charge in [0.2, 0.25) is 0 Å². The molecule has 0 saturated heterocycles. The summed E-state index contributed by atoms with van der Waals surface area (Å²) in [5.41, 5.74) is 1.87. The third kappa shape index (κ3) is 3.59. The SMILES string of the molecule is Cc1cscc1C(=O)NC(CCBr)C(C)C. The molecule has 0 aliphatic rings. The Balaban J connectivity index is 2.65. The lowest BCUT2D eigenvalue weighted by atomic mass is 10.0. The molecule has 0 aliphatic heterocycles. The van der Waals surface area contributed by atoms with Crippen LogP contribution >= 0.6 is 27.3 Å². The molecule has 1 N–H and O–H groups in total. The molecule has 0 spiro atoms. The van der Waals surface area contributed by atoms with Crippen molar-refractivity contribution in [2.45, 2.75) is 33.2 Å². The smallest absolute Gasteiger partial charge is 0.252 e. The van der Waals surface area contributed by atoms with E-state index in [9.17, 15) is 4.79 Å². The second-order valence-corrected chi connectivity index (χ2v) is 5.81. The molecule has 16 heavy (non-hydrogen) atoms. The van der Waals surface area contributed by atoms with Crippen molar-refractivity contribution >= 4 is 33.2 Å². The summed E-state index contributed by atoms with van der Waals surface area (Å²) in [5, 5.41) is 7.93. The zero-order valence-corrected chi connectivity index (χ0v) is 12.3. The largest absolute Gasteiger partial charge is 0.349 e. The van der Waals surface area contributed by atoms with Crippen LogP contribution in [0, 0.1) is 12.8 Å². The summed E-state index contributed by atoms with van der Waals surface area (Å²) in [6.45, 7) is 6.24. The van der Waals surface area contributed by atoms with Crippen LogP contribution in [-0.2, 0) is 0 Å². The van der Waals surface area contributed by atoms with Crippen molar-refractivity contribution in [3.05, 3.63) is 21.9 Å². The molecule has 1 aromatic heterocycles. The van der Waals surface area contributed by atoms with E-state index in [4.69, 9.17) is 0 Å². The Morgan fingerprint density at radius 3 is 2.62 bits per heavy atom. The number of alkyl halides is 1. The summed E-state index contributed by atoms with van der Waals surface area (Å²) in [6.07, 6.45) is 0.965. The number of thiophene rings is 1. The molecule has 0 radical (unpaired) electrons. The van der Waals surface area contributed by atoms with E-state index in [0.717, 1.165) is 22.9 Å². The minimum atomic E-state index is 0.0541. The number of carbonyl (C=O) groups excluding carboxylic acids is 1. The Morgan fingerprint density at radius 2 is 2.19 bits per heavy atom. The van der Waals surface area contributed by atoms with Crippen molar-refractivity contribution in [1.82, 2.24) is 5.32 Å². The van der Waals surface area contributed by atoms with E-state index >= 15 is 0 Å². The second kappa shape index (κ2) is 6.40. The van der Waals surface area contributed by atoms with E-state index in [1.165, 1.54) is 0 Å². The van der Waals surface area contributed by atoms with Gasteiger partial charge in [-0.05, 0) is 30.2 Å². The van der Waals surface area contributed by atoms with Crippen LogP contribution in [0.3, 0.4) is 0 Å². The molecular formula is C12H18BrNOS. The van der Waals surface area contributed by atoms with Gasteiger partial charge in [-0.15, -0.1) is 0 Å². The minimum Gasteiger partial charge on any atom is -0.349 e. The number of halogens is 1. The Kier molecular flexibility index (Phi) is 5.49. The molecule has 1 amide bonds. The summed E-state index contributed by atoms with van der Waals surface area (Å²) < 4.78 is 0. The molecule has 1 aromatic rings. The van der Waals surface area contributed by atoms with Gasteiger partial charge in [-0.2, -0.15) is 11.3 Å². The van der Waals surface area contributed by atoms with Crippen molar-refractivity contribution in [2.24, 2.45) is 5.92 Å². The highest BCUT2D eigenvalue weighted by Gasteiger charge is 2.17. The summed E-state index contributed by atoms with van der Waals surface area (Å²) in [4.78, 5) is 12.0. The standard InChI is InChI=1S/C12H18BrNOS/c1-8(2)11(4-5-13)14-12(15)10-7-16-6-9(10)3/h6-8,11H,4-5H2,1-3H3,(H,14,15). The Labute approximate surface area is 110 Å². The van der Waals surface area contributed by atoms with Crippen molar-refractivity contribution in [1.29, 1.82) is 0 Å². The fraction of sp³-hybridized carbons (Fsp3) is 0.583. The number of rotatable bonds is 5. The van der Waals surface area contributed by atoms with Gasteiger partial charge in [-0.1, -0.05) is 29.8 Å². The van der Waals surface area contributed by atoms with Crippen LogP contribution in [-0.4, -0.2) is 17.3 Å². The molecule has 0 aliphatic carbocycles. The topological polar surface area (TPSA) is 29.1 Å². The van der Waals surface area contributed by atoms with E-state index in [-0.39, 0.29) is 11.9 Å². The van der Waals surface area contributed by atoms with E-state index in [1.54, 1.807) is 11.3 Å². The quantitative estimate of drug-likeness (QED) is 0.828. The first-order valence-electron chi connectivity index (χ1n) is 5.46. The number of hydrogen-bond donors (Lipinski definition) is 1. The lowest BCUT2D eigenvalue weighted by molar-refractivity contribution is 0.0925. The van der Waals surface area contributed by atoms with Gasteiger partial charge >= 0.3 is 0 Å². The fourth-order valence-corrected chi connectivity index (χ4v) is 2.85. The molecule has 1 unspecified atom stereocenters. The third-order valence-corrected chi connectivity index (χ3v) is 3.96. The summed E-state index contributed by atoms with van der Waals surface area (Å²) in [6, 6.07) is 0.242. The maximum absolute atomic E-state index is 12.0. The number of aryl methyl sites for hydroxylation is 1. The van der Waals surface area contributed by atoms with E-state index in [2.05, 4.69) is 35.1 Å². The van der Waals surface area contributed by atoms with Gasteiger partial charge in [0.25, 0.3) is 5.91 Å². The van der Waals surface area contributed by atoms with Crippen LogP contribution < -0.4 is 5.32 Å². The third-order valence-electron chi connectivity index (χ3n) is 2.64. The van der Waals surface area contributed by atoms with Crippen LogP contribution in [0.2, 0.25) is 0 Å². The fourth-order valence-electron chi connectivity index (χ4n) is 1.53. The van der Waals surface area contributed by atoms with Crippen LogP contribution in [0.25, 0.3) is 0 Å². The molecule has 1 rings (SSSR count). The number of nitrogens with one attached hydrogen (secondary N) is 1. The number of carbonyl (C=O) groups is 1. The highest BCUT2D eigenvalue weighted by atomic mass is 79.9. The van der Waals surface area contributed by atoms with Gasteiger partial charge in [0.15, 0.2) is 0 Å². The average Bonchev–Trinajstić information content (AvgIpc) is 2.63. The van der Waals surface area contributed by atoms with Gasteiger partial charge in [-0.25, -0.2) is 0 Å². The van der Waals surface area contributed by atoms with Gasteiger partial charge in [0.1, 0.15) is 0 Å². The molecule has 0 bridgehead atoms. The summed E-state index contributed by atoms with van der Waals surface area (Å²) >= 11 is 5.00. The van der Waals surface area contributed by atoms with Gasteiger partial charge in [0.05, 0.1) is 5.56 Å². The Hall–Kier alpha value is -0.350. The molecular weight excluding hydrogens is 286 g/mol. The first-order valence-corrected chi connectivity index (χ1v) is 7.52. The van der Waals surface area contributed by atoms with Crippen molar-refractivity contribution in [3.63, 3.8) is 0 Å². The van der Waals surface area contributed by atoms with E-state index in [0.29, 0.717) is 5.92 Å². The zero-order chi connectivity index (χ0) is 12.1. The molecule has 0 saturated carbocycles. The number of amides is 1. The first-order chi connectivity index (χ1) is 7.56. The van der Waals surface area contributed by atoms with Gasteiger partial charge < -0.3 is 5.32 Å². The second-order valence-electron chi connectivity index (χ2n) is 4.27. The molecule has 0 fully saturated rings. The molecule has 1 heterocycles. The highest BCUT2D eigenvalue weighted by Crippen LogP contribution is 2.15. The van der Waals surface area contributed by atoms with Crippen LogP contribution in [0.15, 0.2) is 10.8 Å². The van der Waals surface area contributed by atoms with E-state index in [1.807, 2.05) is 17.7 Å². The zero-order valence-electron chi connectivity index (χ0n) is 9.92. The minimum absolute atomic E-state index is 0.0541. The highest BCUT2D eigenvalue weighted by molar-refractivity contribution is 9.09. The van der Waals surface area contributed by atoms with Crippen molar-refractivity contribution < 1.29 is 4.79 Å². The van der Waals surface area contributed by atoms with Gasteiger partial charge in [0, 0.05) is 16.8 Å². The molecule has 4 heteroatoms. The van der Waals surface area contributed by atoms with E-state index < -0.39 is 0 Å². The van der Waals surface area contributed by atoms with Gasteiger partial charge in [-0.3, -0.25) is 4.79 Å². The predicted octanol–water partition coefficient (Wildman–Crippen LogP) is 3.60. The van der Waals surface area contributed by atoms with Crippen molar-refractivity contribution in [2.75, 3.05) is 5.33 Å². The van der Waals surface area contributed by atoms with Crippen molar-refractivity contribution in [3.8, 4) is 0 Å². The Bertz CT molecular complexity index is 349. The normalized spacial score (nSPS) is 12.8. The molecule has 2 nitrogen and oxygen atoms in total. The number of hydrogen-bond acceptors (Lipinski definition) is 2. The first kappa shape index (κ1) is 13.7. The maximum Gasteiger partial charge on any atom is 0.252 e. The lowest BCUT2D eigenvalue weighted by Gasteiger charge is -2.21. The Morgan fingerprint density at radius 1 is 1.50 bits per heavy atom. The van der Waals surface area contributed by atoms with Crippen LogP contribution in [0.5, 0.6) is 0 Å². The van der Waals surface area contributed by atoms with Crippen LogP contribution in [0.4, 0.5) is 0 Å². The predicted molar refractivity (Wildman–Crippen MR) is 73.6 cm³/mol. The summed E-state index contributed by atoms with van der Waals surface area (Å²) in [7, 11) is 0. The summed E-state index contributed by atoms with van der Waals surface area (Å²) in [5.74, 6) is 0.513. The lowest BCUT2D eigenvalue weighted by Crippen LogP contribution is -2.38. The molecule has 90 valence electrons.